The van der Waals surface area contributed by atoms with E-state index in [1.54, 1.807) is 0 Å². The fourth-order valence-corrected chi connectivity index (χ4v) is 12.3. The number of carbonyl (C=O) groups is 1. The highest BCUT2D eigenvalue weighted by atomic mass is 16.6. The van der Waals surface area contributed by atoms with Gasteiger partial charge in [-0.05, 0) is 79.4 Å². The van der Waals surface area contributed by atoms with E-state index in [2.05, 4.69) is 34.6 Å². The van der Waals surface area contributed by atoms with E-state index in [4.69, 9.17) is 9.47 Å². The molecule has 7 rings (SSSR count). The van der Waals surface area contributed by atoms with Gasteiger partial charge in [0.25, 0.3) is 0 Å². The standard InChI is InChI=1S/C30H46O6/c1-24(2)9-11-29-12-10-28(6)27(5)8-7-17-25(3,13-16(32)21(33)26(17,4)15-31)20(27)19-22(35-19)30(28,18(29)14-24)36-23(29)34/h16-22,31-33H,7-15H2,1-6H3/t16-,17-,18-,19+,20-,21+,22+,25+,26+,27-,28+,29+,30-/m1/s1. The van der Waals surface area contributed by atoms with E-state index in [-0.39, 0.29) is 69.6 Å². The zero-order valence-corrected chi connectivity index (χ0v) is 23.0. The number of esters is 1. The Morgan fingerprint density at radius 3 is 2.31 bits per heavy atom. The van der Waals surface area contributed by atoms with Crippen LogP contribution in [0.5, 0.6) is 0 Å². The maximum atomic E-state index is 13.8. The van der Waals surface area contributed by atoms with Crippen LogP contribution in [0.25, 0.3) is 0 Å². The van der Waals surface area contributed by atoms with Crippen molar-refractivity contribution in [3.05, 3.63) is 0 Å². The van der Waals surface area contributed by atoms with Gasteiger partial charge < -0.3 is 24.8 Å². The lowest BCUT2D eigenvalue weighted by Gasteiger charge is -2.72. The van der Waals surface area contributed by atoms with E-state index in [9.17, 15) is 20.1 Å². The van der Waals surface area contributed by atoms with Crippen LogP contribution in [-0.2, 0) is 14.3 Å². The third-order valence-electron chi connectivity index (χ3n) is 14.3. The quantitative estimate of drug-likeness (QED) is 0.372. The van der Waals surface area contributed by atoms with Crippen LogP contribution in [-0.4, -0.2) is 57.9 Å². The number of aliphatic hydroxyl groups is 3. The lowest BCUT2D eigenvalue weighted by molar-refractivity contribution is -0.287. The van der Waals surface area contributed by atoms with Gasteiger partial charge in [-0.3, -0.25) is 4.79 Å². The van der Waals surface area contributed by atoms with Crippen LogP contribution >= 0.6 is 0 Å². The molecule has 13 atom stereocenters. The molecule has 2 heterocycles. The Labute approximate surface area is 215 Å². The number of aliphatic hydroxyl groups excluding tert-OH is 3. The van der Waals surface area contributed by atoms with Crippen LogP contribution in [0, 0.1) is 50.2 Å². The third-order valence-corrected chi connectivity index (χ3v) is 14.3. The Morgan fingerprint density at radius 1 is 0.917 bits per heavy atom. The number of hydrogen-bond donors (Lipinski definition) is 3. The number of rotatable bonds is 1. The molecule has 7 fully saturated rings. The van der Waals surface area contributed by atoms with Gasteiger partial charge in [0.1, 0.15) is 6.10 Å². The Balaban J connectivity index is 1.38. The topological polar surface area (TPSA) is 99.5 Å². The molecule has 0 aromatic rings. The molecule has 0 aromatic heterocycles. The van der Waals surface area contributed by atoms with Crippen molar-refractivity contribution in [3.63, 3.8) is 0 Å². The molecular formula is C30H46O6. The highest BCUT2D eigenvalue weighted by Crippen LogP contribution is 2.83. The first-order valence-electron chi connectivity index (χ1n) is 14.5. The Kier molecular flexibility index (Phi) is 4.42. The predicted molar refractivity (Wildman–Crippen MR) is 133 cm³/mol. The zero-order chi connectivity index (χ0) is 25.9. The zero-order valence-electron chi connectivity index (χ0n) is 23.0. The maximum Gasteiger partial charge on any atom is 0.313 e. The van der Waals surface area contributed by atoms with Crippen molar-refractivity contribution in [3.8, 4) is 0 Å². The van der Waals surface area contributed by atoms with Crippen LogP contribution in [0.3, 0.4) is 0 Å². The van der Waals surface area contributed by atoms with E-state index in [1.165, 1.54) is 0 Å². The lowest BCUT2D eigenvalue weighted by Crippen LogP contribution is -2.75. The molecule has 2 saturated heterocycles. The number of hydrogen-bond acceptors (Lipinski definition) is 6. The van der Waals surface area contributed by atoms with Crippen molar-refractivity contribution in [2.45, 2.75) is 123 Å². The van der Waals surface area contributed by atoms with Gasteiger partial charge in [-0.1, -0.05) is 41.5 Å². The van der Waals surface area contributed by atoms with Crippen molar-refractivity contribution in [2.24, 2.45) is 50.2 Å². The maximum absolute atomic E-state index is 13.8. The average molecular weight is 503 g/mol. The second-order valence-corrected chi connectivity index (χ2v) is 16.0. The molecule has 3 N–H and O–H groups in total. The SMILES string of the molecule is CC1(C)CC[C@@]23CC[C@]4(C)[C@@](OC2=O)([C@@H]3C1)[C@H]1O[C@H]1[C@@H]1[C@@]2(C)C[C@@H](O)[C@H](O)[C@@](C)(CO)[C@@H]2CC[C@]14C. The summed E-state index contributed by atoms with van der Waals surface area (Å²) in [6, 6.07) is 0. The van der Waals surface area contributed by atoms with Gasteiger partial charge in [0, 0.05) is 16.7 Å². The molecule has 0 radical (unpaired) electrons. The number of ether oxygens (including phenoxy) is 2. The molecule has 5 aliphatic carbocycles. The normalized spacial score (nSPS) is 64.2. The molecule has 1 spiro atoms. The summed E-state index contributed by atoms with van der Waals surface area (Å²) in [5.74, 6) is 0.504. The molecule has 7 aliphatic rings. The van der Waals surface area contributed by atoms with Crippen molar-refractivity contribution in [2.75, 3.05) is 6.61 Å². The second-order valence-electron chi connectivity index (χ2n) is 16.0. The minimum absolute atomic E-state index is 0.00648. The van der Waals surface area contributed by atoms with Crippen LogP contribution < -0.4 is 0 Å². The number of carbonyl (C=O) groups excluding carboxylic acids is 1. The van der Waals surface area contributed by atoms with Gasteiger partial charge >= 0.3 is 5.97 Å². The first kappa shape index (κ1) is 24.4. The summed E-state index contributed by atoms with van der Waals surface area (Å²) >= 11 is 0. The van der Waals surface area contributed by atoms with E-state index < -0.39 is 23.2 Å². The van der Waals surface area contributed by atoms with Crippen molar-refractivity contribution < 1.29 is 29.6 Å². The minimum atomic E-state index is -0.929. The molecule has 5 saturated carbocycles. The second kappa shape index (κ2) is 6.54. The van der Waals surface area contributed by atoms with Crippen LogP contribution in [0.15, 0.2) is 0 Å². The van der Waals surface area contributed by atoms with E-state index in [0.29, 0.717) is 6.42 Å². The molecule has 36 heavy (non-hydrogen) atoms. The molecule has 0 unspecified atom stereocenters. The van der Waals surface area contributed by atoms with Crippen molar-refractivity contribution >= 4 is 5.97 Å². The summed E-state index contributed by atoms with van der Waals surface area (Å²) in [5.41, 5.74) is -2.12. The third kappa shape index (κ3) is 2.29. The Bertz CT molecular complexity index is 1030. The molecule has 202 valence electrons. The highest BCUT2D eigenvalue weighted by Gasteiger charge is 2.89. The first-order valence-corrected chi connectivity index (χ1v) is 14.5. The van der Waals surface area contributed by atoms with Gasteiger partial charge in [0.2, 0.25) is 0 Å². The van der Waals surface area contributed by atoms with Gasteiger partial charge in [0.05, 0.1) is 30.3 Å². The van der Waals surface area contributed by atoms with Crippen molar-refractivity contribution in [1.29, 1.82) is 0 Å². The monoisotopic (exact) mass is 502 g/mol. The van der Waals surface area contributed by atoms with Crippen LogP contribution in [0.2, 0.25) is 0 Å². The summed E-state index contributed by atoms with van der Waals surface area (Å²) < 4.78 is 13.5. The van der Waals surface area contributed by atoms with E-state index >= 15 is 0 Å². The van der Waals surface area contributed by atoms with Crippen molar-refractivity contribution in [1.82, 2.24) is 0 Å². The Hall–Kier alpha value is -0.690. The largest absolute Gasteiger partial charge is 0.455 e. The molecule has 6 nitrogen and oxygen atoms in total. The van der Waals surface area contributed by atoms with Gasteiger partial charge in [-0.25, -0.2) is 0 Å². The summed E-state index contributed by atoms with van der Waals surface area (Å²) in [4.78, 5) is 13.8. The molecular weight excluding hydrogens is 456 g/mol. The molecule has 2 aliphatic heterocycles. The number of fused-ring (bicyclic) bond motifs is 6. The fraction of sp³-hybridized carbons (Fsp3) is 0.967. The predicted octanol–water partition coefficient (Wildman–Crippen LogP) is 3.84. The highest BCUT2D eigenvalue weighted by molar-refractivity contribution is 5.82. The molecule has 0 aromatic carbocycles. The summed E-state index contributed by atoms with van der Waals surface area (Å²) in [7, 11) is 0. The van der Waals surface area contributed by atoms with E-state index in [1.807, 2.05) is 6.92 Å². The summed E-state index contributed by atoms with van der Waals surface area (Å²) in [6.45, 7) is 13.7. The molecule has 6 heteroatoms. The summed E-state index contributed by atoms with van der Waals surface area (Å²) in [5, 5.41) is 32.6. The number of epoxide rings is 1. The van der Waals surface area contributed by atoms with Gasteiger partial charge in [-0.2, -0.15) is 0 Å². The average Bonchev–Trinajstić information content (AvgIpc) is 3.55. The first-order chi connectivity index (χ1) is 16.7. The summed E-state index contributed by atoms with van der Waals surface area (Å²) in [6.07, 6.45) is 5.36. The molecule has 2 bridgehead atoms. The lowest BCUT2D eigenvalue weighted by atomic mass is 9.30. The fourth-order valence-electron chi connectivity index (χ4n) is 12.3. The van der Waals surface area contributed by atoms with E-state index in [0.717, 1.165) is 44.9 Å². The van der Waals surface area contributed by atoms with Gasteiger partial charge in [0.15, 0.2) is 5.60 Å². The Morgan fingerprint density at radius 2 is 1.61 bits per heavy atom. The molecule has 0 amide bonds. The van der Waals surface area contributed by atoms with Crippen LogP contribution in [0.4, 0.5) is 0 Å². The minimum Gasteiger partial charge on any atom is -0.455 e. The van der Waals surface area contributed by atoms with Gasteiger partial charge in [-0.15, -0.1) is 0 Å². The smallest absolute Gasteiger partial charge is 0.313 e. The van der Waals surface area contributed by atoms with Crippen LogP contribution in [0.1, 0.15) is 92.9 Å².